The van der Waals surface area contributed by atoms with Gasteiger partial charge in [-0.3, -0.25) is 9.69 Å². The first-order valence-corrected chi connectivity index (χ1v) is 18.5. The van der Waals surface area contributed by atoms with Gasteiger partial charge in [0.15, 0.2) is 15.5 Å². The van der Waals surface area contributed by atoms with E-state index in [0.717, 1.165) is 4.90 Å². The van der Waals surface area contributed by atoms with E-state index >= 15 is 0 Å². The van der Waals surface area contributed by atoms with Crippen LogP contribution in [0.15, 0.2) is 10.8 Å². The third-order valence-electron chi connectivity index (χ3n) is 6.28. The van der Waals surface area contributed by atoms with Crippen LogP contribution in [0.2, 0.25) is 30.7 Å². The van der Waals surface area contributed by atoms with Crippen molar-refractivity contribution in [3.05, 3.63) is 10.8 Å². The molecule has 1 fully saturated rings. The van der Waals surface area contributed by atoms with Crippen LogP contribution in [0.25, 0.3) is 0 Å². The number of thioether (sulfide) groups is 1. The van der Waals surface area contributed by atoms with Gasteiger partial charge in [-0.05, 0) is 23.9 Å². The predicted molar refractivity (Wildman–Crippen MR) is 132 cm³/mol. The SMILES string of the molecule is CC(O[SiH2]C(C)(C)C(C)C)[C@H]1C(=O)N2C(C(=O)OCC[Si](C)(C)C)=C(OS(=O)(=O)C(F)(F)F)S[C@H]12. The summed E-state index contributed by atoms with van der Waals surface area (Å²) in [5.41, 5.74) is -6.31. The zero-order chi connectivity index (χ0) is 27.1. The van der Waals surface area contributed by atoms with Crippen molar-refractivity contribution >= 4 is 51.6 Å². The molecular weight excluding hydrogens is 544 g/mol. The maximum atomic E-state index is 13.0. The summed E-state index contributed by atoms with van der Waals surface area (Å²) in [6, 6.07) is 0.581. The van der Waals surface area contributed by atoms with Crippen LogP contribution >= 0.6 is 11.8 Å². The van der Waals surface area contributed by atoms with Gasteiger partial charge in [0.2, 0.25) is 11.0 Å². The van der Waals surface area contributed by atoms with Crippen molar-refractivity contribution in [2.75, 3.05) is 6.61 Å². The topological polar surface area (TPSA) is 99.2 Å². The van der Waals surface area contributed by atoms with E-state index in [2.05, 4.69) is 31.9 Å². The van der Waals surface area contributed by atoms with Gasteiger partial charge in [0.25, 0.3) is 0 Å². The Morgan fingerprint density at radius 2 is 1.77 bits per heavy atom. The second kappa shape index (κ2) is 10.4. The average Bonchev–Trinajstić information content (AvgIpc) is 2.98. The lowest BCUT2D eigenvalue weighted by molar-refractivity contribution is -0.157. The minimum absolute atomic E-state index is 0.00640. The van der Waals surface area contributed by atoms with E-state index in [9.17, 15) is 31.2 Å². The average molecular weight is 578 g/mol. The number of esters is 1. The second-order valence-electron chi connectivity index (χ2n) is 11.0. The summed E-state index contributed by atoms with van der Waals surface area (Å²) in [7, 11) is -8.74. The number of carbonyl (C=O) groups is 2. The van der Waals surface area contributed by atoms with E-state index in [0.29, 0.717) is 23.7 Å². The normalized spacial score (nSPS) is 22.6. The summed E-state index contributed by atoms with van der Waals surface area (Å²) in [5.74, 6) is -2.06. The highest BCUT2D eigenvalue weighted by atomic mass is 32.2. The molecule has 2 heterocycles. The molecule has 0 aromatic carbocycles. The van der Waals surface area contributed by atoms with Gasteiger partial charge >= 0.3 is 21.6 Å². The highest BCUT2D eigenvalue weighted by Crippen LogP contribution is 2.52. The number of alkyl halides is 3. The molecule has 3 atom stereocenters. The van der Waals surface area contributed by atoms with E-state index in [4.69, 9.17) is 9.16 Å². The maximum Gasteiger partial charge on any atom is 0.534 e. The standard InChI is InChI=1S/C20H34F3NO7S2Si2/c1-11(2)19(4,5)34-31-12(3)13-15(25)24-14(17(26)29-9-10-35(6,7)8)18(32-16(13)24)30-33(27,28)20(21,22)23/h11-13,16H,9-10,34H2,1-8H3/t12?,13-,16+/m0/s1. The number of amides is 1. The minimum atomic E-state index is -6.05. The van der Waals surface area contributed by atoms with Crippen molar-refractivity contribution in [1.29, 1.82) is 0 Å². The number of hydrogen-bond donors (Lipinski definition) is 0. The van der Waals surface area contributed by atoms with Gasteiger partial charge in [-0.15, -0.1) is 0 Å². The second-order valence-corrected chi connectivity index (χ2v) is 21.7. The van der Waals surface area contributed by atoms with E-state index in [1.165, 1.54) is 0 Å². The molecule has 202 valence electrons. The van der Waals surface area contributed by atoms with Crippen molar-refractivity contribution in [3.63, 3.8) is 0 Å². The Morgan fingerprint density at radius 1 is 1.20 bits per heavy atom. The molecule has 2 aliphatic rings. The van der Waals surface area contributed by atoms with Crippen LogP contribution in [0.3, 0.4) is 0 Å². The van der Waals surface area contributed by atoms with Gasteiger partial charge in [-0.25, -0.2) is 4.79 Å². The van der Waals surface area contributed by atoms with Crippen LogP contribution in [0.1, 0.15) is 34.6 Å². The molecule has 2 aliphatic heterocycles. The third kappa shape index (κ3) is 6.84. The van der Waals surface area contributed by atoms with E-state index in [-0.39, 0.29) is 11.6 Å². The summed E-state index contributed by atoms with van der Waals surface area (Å²) >= 11 is 0.585. The number of fused-ring (bicyclic) bond motifs is 1. The van der Waals surface area contributed by atoms with Gasteiger partial charge in [0.1, 0.15) is 5.37 Å². The van der Waals surface area contributed by atoms with Crippen molar-refractivity contribution < 1.29 is 44.5 Å². The van der Waals surface area contributed by atoms with Crippen LogP contribution in [-0.4, -0.2) is 66.6 Å². The zero-order valence-electron chi connectivity index (χ0n) is 21.2. The van der Waals surface area contributed by atoms with Crippen LogP contribution in [0, 0.1) is 11.8 Å². The van der Waals surface area contributed by atoms with Crippen molar-refractivity contribution in [1.82, 2.24) is 4.90 Å². The molecule has 0 spiro atoms. The smallest absolute Gasteiger partial charge is 0.461 e. The van der Waals surface area contributed by atoms with Gasteiger partial charge in [-0.1, -0.05) is 59.1 Å². The Kier molecular flexibility index (Phi) is 8.95. The van der Waals surface area contributed by atoms with Crippen LogP contribution in [0.5, 0.6) is 0 Å². The van der Waals surface area contributed by atoms with Gasteiger partial charge < -0.3 is 13.3 Å². The molecule has 35 heavy (non-hydrogen) atoms. The first kappa shape index (κ1) is 30.2. The fourth-order valence-electron chi connectivity index (χ4n) is 3.07. The Morgan fingerprint density at radius 3 is 2.26 bits per heavy atom. The van der Waals surface area contributed by atoms with Gasteiger partial charge in [0.05, 0.1) is 18.6 Å². The summed E-state index contributed by atoms with van der Waals surface area (Å²) in [6.07, 6.45) is -0.566. The predicted octanol–water partition coefficient (Wildman–Crippen LogP) is 3.78. The molecule has 0 aromatic rings. The summed E-state index contributed by atoms with van der Waals surface area (Å²) in [4.78, 5) is 26.7. The highest BCUT2D eigenvalue weighted by molar-refractivity contribution is 8.04. The lowest BCUT2D eigenvalue weighted by Crippen LogP contribution is -2.61. The Balaban J connectivity index is 2.26. The summed E-state index contributed by atoms with van der Waals surface area (Å²) < 4.78 is 77.8. The number of nitrogens with zero attached hydrogens (tertiary/aromatic N) is 1. The van der Waals surface area contributed by atoms with Gasteiger partial charge in [0, 0.05) is 8.07 Å². The molecule has 15 heteroatoms. The quantitative estimate of drug-likeness (QED) is 0.120. The molecule has 1 unspecified atom stereocenters. The largest absolute Gasteiger partial charge is 0.534 e. The molecule has 1 saturated heterocycles. The Labute approximate surface area is 212 Å². The van der Waals surface area contributed by atoms with Crippen molar-refractivity contribution in [2.45, 2.75) is 82.3 Å². The Bertz CT molecular complexity index is 978. The molecule has 1 amide bonds. The number of halogens is 3. The molecule has 0 aromatic heterocycles. The number of carbonyl (C=O) groups excluding carboxylic acids is 2. The number of rotatable bonds is 11. The first-order chi connectivity index (χ1) is 15.7. The van der Waals surface area contributed by atoms with Crippen molar-refractivity contribution in [2.24, 2.45) is 11.8 Å². The lowest BCUT2D eigenvalue weighted by Gasteiger charge is -2.45. The van der Waals surface area contributed by atoms with E-state index in [1.54, 1.807) is 6.92 Å². The molecule has 0 aliphatic carbocycles. The molecular formula is C20H34F3NO7S2Si2. The molecule has 0 bridgehead atoms. The maximum absolute atomic E-state index is 13.0. The third-order valence-corrected chi connectivity index (χ3v) is 12.5. The summed E-state index contributed by atoms with van der Waals surface area (Å²) in [6.45, 7) is 16.1. The fourth-order valence-corrected chi connectivity index (χ4v) is 7.13. The molecule has 0 saturated carbocycles. The number of hydrogen-bond acceptors (Lipinski definition) is 8. The monoisotopic (exact) mass is 577 g/mol. The van der Waals surface area contributed by atoms with E-state index < -0.39 is 73.5 Å². The van der Waals surface area contributed by atoms with Crippen LogP contribution in [-0.2, 0) is 33.1 Å². The highest BCUT2D eigenvalue weighted by Gasteiger charge is 2.61. The summed E-state index contributed by atoms with van der Waals surface area (Å²) in [5, 5.41) is -1.69. The van der Waals surface area contributed by atoms with Crippen LogP contribution < -0.4 is 0 Å². The first-order valence-electron chi connectivity index (χ1n) is 11.2. The zero-order valence-corrected chi connectivity index (χ0v) is 25.2. The lowest BCUT2D eigenvalue weighted by atomic mass is 9.92. The molecule has 0 radical (unpaired) electrons. The minimum Gasteiger partial charge on any atom is -0.461 e. The van der Waals surface area contributed by atoms with Crippen molar-refractivity contribution in [3.8, 4) is 0 Å². The number of β-lactam (4-membered cyclic amide) rings is 1. The number of ether oxygens (including phenoxy) is 1. The van der Waals surface area contributed by atoms with E-state index in [1.807, 2.05) is 19.6 Å². The molecule has 8 nitrogen and oxygen atoms in total. The molecule has 2 rings (SSSR count). The Hall–Kier alpha value is -1.04. The van der Waals surface area contributed by atoms with Gasteiger partial charge in [-0.2, -0.15) is 21.6 Å². The van der Waals surface area contributed by atoms with Crippen LogP contribution in [0.4, 0.5) is 13.2 Å². The fraction of sp³-hybridized carbons (Fsp3) is 0.800. The molecule has 0 N–H and O–H groups in total.